The minimum Gasteiger partial charge on any atom is -0.0916 e. The van der Waals surface area contributed by atoms with E-state index in [4.69, 9.17) is 0 Å². The summed E-state index contributed by atoms with van der Waals surface area (Å²) in [6.07, 6.45) is 7.64. The Labute approximate surface area is 112 Å². The fraction of sp³-hybridized carbons (Fsp3) is 0.412. The van der Waals surface area contributed by atoms with Crippen molar-refractivity contribution in [2.75, 3.05) is 0 Å². The molecular weight excluding hydrogens is 232 g/mol. The lowest BCUT2D eigenvalue weighted by atomic mass is 9.89. The standard InChI is InChI=1S/C17H24Si/c1-18(2,3)14-17-12-8-7-11-16(17)13-15-9-5-4-6-10-15/h4-6,9-10,13-14H,7-8,11-12H2,1-3H3. The summed E-state index contributed by atoms with van der Waals surface area (Å²) in [5.41, 5.74) is 7.15. The number of allylic oxidation sites excluding steroid dienone is 2. The summed E-state index contributed by atoms with van der Waals surface area (Å²) in [5, 5.41) is 0. The summed E-state index contributed by atoms with van der Waals surface area (Å²) >= 11 is 0. The second-order valence-electron chi connectivity index (χ2n) is 6.32. The van der Waals surface area contributed by atoms with Crippen LogP contribution in [0.5, 0.6) is 0 Å². The fourth-order valence-electron chi connectivity index (χ4n) is 2.55. The number of benzene rings is 1. The molecule has 96 valence electrons. The Morgan fingerprint density at radius 1 is 0.889 bits per heavy atom. The van der Waals surface area contributed by atoms with Crippen LogP contribution in [-0.4, -0.2) is 8.07 Å². The lowest BCUT2D eigenvalue weighted by Gasteiger charge is -2.22. The third-order valence-electron chi connectivity index (χ3n) is 3.30. The Bertz CT molecular complexity index is 446. The maximum Gasteiger partial charge on any atom is 0.0690 e. The van der Waals surface area contributed by atoms with E-state index in [9.17, 15) is 0 Å². The molecule has 0 unspecified atom stereocenters. The van der Waals surface area contributed by atoms with Crippen LogP contribution in [0.25, 0.3) is 6.08 Å². The van der Waals surface area contributed by atoms with E-state index < -0.39 is 8.07 Å². The highest BCUT2D eigenvalue weighted by atomic mass is 28.3. The molecule has 1 aromatic rings. The molecule has 0 heterocycles. The average molecular weight is 256 g/mol. The third-order valence-corrected chi connectivity index (χ3v) is 4.52. The highest BCUT2D eigenvalue weighted by molar-refractivity contribution is 6.81. The van der Waals surface area contributed by atoms with Crippen LogP contribution in [0.15, 0.2) is 47.2 Å². The van der Waals surface area contributed by atoms with Gasteiger partial charge in [-0.2, -0.15) is 0 Å². The van der Waals surface area contributed by atoms with Crippen LogP contribution in [0.4, 0.5) is 0 Å². The molecule has 1 heteroatoms. The van der Waals surface area contributed by atoms with Crippen LogP contribution in [0, 0.1) is 0 Å². The SMILES string of the molecule is C[Si](C)(C)C=C1CCCCC1=Cc1ccccc1. The molecule has 0 amide bonds. The molecule has 0 bridgehead atoms. The number of hydrogen-bond acceptors (Lipinski definition) is 0. The average Bonchev–Trinajstić information content (AvgIpc) is 2.31. The molecule has 1 aliphatic carbocycles. The summed E-state index contributed by atoms with van der Waals surface area (Å²) in [6.45, 7) is 7.28. The van der Waals surface area contributed by atoms with E-state index in [1.807, 2.05) is 0 Å². The Morgan fingerprint density at radius 3 is 2.11 bits per heavy atom. The van der Waals surface area contributed by atoms with Crippen molar-refractivity contribution in [2.24, 2.45) is 0 Å². The van der Waals surface area contributed by atoms with Crippen LogP contribution in [-0.2, 0) is 0 Å². The molecule has 1 fully saturated rings. The van der Waals surface area contributed by atoms with Gasteiger partial charge < -0.3 is 0 Å². The van der Waals surface area contributed by atoms with Gasteiger partial charge in [0.15, 0.2) is 0 Å². The van der Waals surface area contributed by atoms with Gasteiger partial charge in [0.1, 0.15) is 0 Å². The van der Waals surface area contributed by atoms with Crippen molar-refractivity contribution in [3.63, 3.8) is 0 Å². The topological polar surface area (TPSA) is 0 Å². The van der Waals surface area contributed by atoms with Gasteiger partial charge in [-0.1, -0.05) is 67.3 Å². The lowest BCUT2D eigenvalue weighted by Crippen LogP contribution is -2.18. The van der Waals surface area contributed by atoms with Crippen LogP contribution in [0.1, 0.15) is 31.2 Å². The van der Waals surface area contributed by atoms with Crippen molar-refractivity contribution in [1.29, 1.82) is 0 Å². The molecule has 0 radical (unpaired) electrons. The van der Waals surface area contributed by atoms with Gasteiger partial charge in [-0.25, -0.2) is 0 Å². The van der Waals surface area contributed by atoms with E-state index in [-0.39, 0.29) is 0 Å². The fourth-order valence-corrected chi connectivity index (χ4v) is 3.93. The molecule has 0 atom stereocenters. The number of rotatable bonds is 2. The molecule has 0 N–H and O–H groups in total. The van der Waals surface area contributed by atoms with Crippen LogP contribution in [0.2, 0.25) is 19.6 Å². The van der Waals surface area contributed by atoms with Gasteiger partial charge in [0.05, 0.1) is 8.07 Å². The van der Waals surface area contributed by atoms with E-state index >= 15 is 0 Å². The first-order valence-electron chi connectivity index (χ1n) is 7.02. The third kappa shape index (κ3) is 3.99. The van der Waals surface area contributed by atoms with Crippen molar-refractivity contribution >= 4 is 14.1 Å². The maximum absolute atomic E-state index is 2.60. The first-order chi connectivity index (χ1) is 8.54. The van der Waals surface area contributed by atoms with Gasteiger partial charge >= 0.3 is 0 Å². The van der Waals surface area contributed by atoms with Gasteiger partial charge in [0, 0.05) is 0 Å². The second-order valence-corrected chi connectivity index (χ2v) is 11.3. The molecule has 0 saturated heterocycles. The van der Waals surface area contributed by atoms with Crippen molar-refractivity contribution in [2.45, 2.75) is 45.3 Å². The number of hydrogen-bond donors (Lipinski definition) is 0. The summed E-state index contributed by atoms with van der Waals surface area (Å²) < 4.78 is 0. The molecule has 1 aliphatic rings. The van der Waals surface area contributed by atoms with Gasteiger partial charge in [-0.3, -0.25) is 0 Å². The molecule has 2 rings (SSSR count). The smallest absolute Gasteiger partial charge is 0.0690 e. The van der Waals surface area contributed by atoms with Gasteiger partial charge in [-0.15, -0.1) is 0 Å². The van der Waals surface area contributed by atoms with Crippen LogP contribution >= 0.6 is 0 Å². The molecule has 1 aromatic carbocycles. The molecule has 0 aliphatic heterocycles. The summed E-state index contributed by atoms with van der Waals surface area (Å²) in [5.74, 6) is 0. The van der Waals surface area contributed by atoms with Crippen molar-refractivity contribution < 1.29 is 0 Å². The highest BCUT2D eigenvalue weighted by Crippen LogP contribution is 2.31. The molecule has 18 heavy (non-hydrogen) atoms. The summed E-state index contributed by atoms with van der Waals surface area (Å²) in [7, 11) is -1.11. The second kappa shape index (κ2) is 5.70. The Morgan fingerprint density at radius 2 is 1.50 bits per heavy atom. The molecule has 0 nitrogen and oxygen atoms in total. The van der Waals surface area contributed by atoms with Crippen molar-refractivity contribution in [3.05, 3.63) is 52.7 Å². The summed E-state index contributed by atoms with van der Waals surface area (Å²) in [6, 6.07) is 10.7. The molecule has 1 saturated carbocycles. The van der Waals surface area contributed by atoms with Gasteiger partial charge in [-0.05, 0) is 36.8 Å². The van der Waals surface area contributed by atoms with E-state index in [2.05, 4.69) is 61.7 Å². The normalized spacial score (nSPS) is 21.5. The zero-order valence-corrected chi connectivity index (χ0v) is 12.9. The quantitative estimate of drug-likeness (QED) is 0.617. The van der Waals surface area contributed by atoms with Crippen LogP contribution in [0.3, 0.4) is 0 Å². The first kappa shape index (κ1) is 13.4. The summed E-state index contributed by atoms with van der Waals surface area (Å²) in [4.78, 5) is 0. The first-order valence-corrected chi connectivity index (χ1v) is 10.6. The minimum atomic E-state index is -1.11. The van der Waals surface area contributed by atoms with Crippen molar-refractivity contribution in [3.8, 4) is 0 Å². The monoisotopic (exact) mass is 256 g/mol. The predicted molar refractivity (Wildman–Crippen MR) is 84.3 cm³/mol. The van der Waals surface area contributed by atoms with Gasteiger partial charge in [0.25, 0.3) is 0 Å². The van der Waals surface area contributed by atoms with E-state index in [1.54, 1.807) is 11.1 Å². The van der Waals surface area contributed by atoms with E-state index in [0.29, 0.717) is 0 Å². The molecule has 0 aromatic heterocycles. The van der Waals surface area contributed by atoms with E-state index in [0.717, 1.165) is 0 Å². The molecule has 0 spiro atoms. The van der Waals surface area contributed by atoms with Crippen molar-refractivity contribution in [1.82, 2.24) is 0 Å². The zero-order chi connectivity index (χ0) is 13.0. The van der Waals surface area contributed by atoms with E-state index in [1.165, 1.54) is 31.2 Å². The minimum absolute atomic E-state index is 1.11. The highest BCUT2D eigenvalue weighted by Gasteiger charge is 2.16. The predicted octanol–water partition coefficient (Wildman–Crippen LogP) is 5.45. The lowest BCUT2D eigenvalue weighted by molar-refractivity contribution is 0.682. The Balaban J connectivity index is 2.29. The Kier molecular flexibility index (Phi) is 4.23. The zero-order valence-electron chi connectivity index (χ0n) is 11.9. The molecular formula is C17H24Si. The maximum atomic E-state index is 2.60. The Hall–Kier alpha value is -1.08. The van der Waals surface area contributed by atoms with Gasteiger partial charge in [0.2, 0.25) is 0 Å². The van der Waals surface area contributed by atoms with Crippen LogP contribution < -0.4 is 0 Å². The largest absolute Gasteiger partial charge is 0.0916 e.